The first kappa shape index (κ1) is 8.78. The predicted octanol–water partition coefficient (Wildman–Crippen LogP) is 1.26. The van der Waals surface area contributed by atoms with Gasteiger partial charge >= 0.3 is 0 Å². The van der Waals surface area contributed by atoms with Crippen LogP contribution in [0.2, 0.25) is 0 Å². The van der Waals surface area contributed by atoms with Crippen molar-refractivity contribution in [1.29, 1.82) is 0 Å². The molecular formula is C10H8N6. The van der Waals surface area contributed by atoms with Crippen LogP contribution >= 0.6 is 0 Å². The van der Waals surface area contributed by atoms with Gasteiger partial charge in [0.2, 0.25) is 0 Å². The van der Waals surface area contributed by atoms with Crippen LogP contribution in [-0.4, -0.2) is 30.1 Å². The van der Waals surface area contributed by atoms with Crippen LogP contribution in [0.4, 0.5) is 0 Å². The minimum Gasteiger partial charge on any atom is -0.342 e. The normalized spacial score (nSPS) is 10.5. The van der Waals surface area contributed by atoms with Gasteiger partial charge in [-0.3, -0.25) is 10.1 Å². The van der Waals surface area contributed by atoms with E-state index in [0.29, 0.717) is 11.6 Å². The number of aromatic amines is 2. The van der Waals surface area contributed by atoms with E-state index >= 15 is 0 Å². The summed E-state index contributed by atoms with van der Waals surface area (Å²) in [6.07, 6.45) is 6.71. The zero-order valence-electron chi connectivity index (χ0n) is 8.25. The largest absolute Gasteiger partial charge is 0.342 e. The molecule has 3 aromatic rings. The Bertz CT molecular complexity index is 568. The molecule has 0 bridgehead atoms. The van der Waals surface area contributed by atoms with Crippen LogP contribution in [0.15, 0.2) is 37.1 Å². The zero-order valence-corrected chi connectivity index (χ0v) is 8.25. The minimum atomic E-state index is 0.645. The molecule has 0 saturated heterocycles. The van der Waals surface area contributed by atoms with Gasteiger partial charge in [-0.05, 0) is 12.1 Å². The Morgan fingerprint density at radius 3 is 2.69 bits per heavy atom. The number of rotatable bonds is 2. The van der Waals surface area contributed by atoms with Crippen LogP contribution in [0.5, 0.6) is 0 Å². The lowest BCUT2D eigenvalue weighted by molar-refractivity contribution is 1.09. The van der Waals surface area contributed by atoms with Crippen LogP contribution in [0, 0.1) is 0 Å². The second-order valence-electron chi connectivity index (χ2n) is 3.21. The van der Waals surface area contributed by atoms with Crippen molar-refractivity contribution in [2.24, 2.45) is 0 Å². The highest BCUT2D eigenvalue weighted by Gasteiger charge is 2.07. The highest BCUT2D eigenvalue weighted by molar-refractivity contribution is 5.57. The predicted molar refractivity (Wildman–Crippen MR) is 57.2 cm³/mol. The van der Waals surface area contributed by atoms with Crippen molar-refractivity contribution in [2.45, 2.75) is 0 Å². The highest BCUT2D eigenvalue weighted by atomic mass is 15.2. The maximum Gasteiger partial charge on any atom is 0.181 e. The number of aromatic nitrogens is 6. The monoisotopic (exact) mass is 212 g/mol. The summed E-state index contributed by atoms with van der Waals surface area (Å²) >= 11 is 0. The maximum absolute atomic E-state index is 4.36. The molecule has 0 aliphatic heterocycles. The van der Waals surface area contributed by atoms with E-state index in [4.69, 9.17) is 0 Å². The Morgan fingerprint density at radius 2 is 1.94 bits per heavy atom. The average molecular weight is 212 g/mol. The van der Waals surface area contributed by atoms with Crippen molar-refractivity contribution in [3.63, 3.8) is 0 Å². The molecule has 3 heterocycles. The van der Waals surface area contributed by atoms with E-state index in [1.807, 2.05) is 12.1 Å². The summed E-state index contributed by atoms with van der Waals surface area (Å²) in [5.74, 6) is 1.32. The maximum atomic E-state index is 4.36. The van der Waals surface area contributed by atoms with Gasteiger partial charge in [-0.15, -0.1) is 0 Å². The van der Waals surface area contributed by atoms with Crippen molar-refractivity contribution < 1.29 is 0 Å². The summed E-state index contributed by atoms with van der Waals surface area (Å²) in [4.78, 5) is 15.2. The average Bonchev–Trinajstić information content (AvgIpc) is 3.01. The lowest BCUT2D eigenvalue weighted by Crippen LogP contribution is -1.81. The summed E-state index contributed by atoms with van der Waals surface area (Å²) in [5.41, 5.74) is 1.74. The van der Waals surface area contributed by atoms with Crippen LogP contribution in [0.1, 0.15) is 0 Å². The van der Waals surface area contributed by atoms with E-state index in [0.717, 1.165) is 11.3 Å². The zero-order chi connectivity index (χ0) is 10.8. The van der Waals surface area contributed by atoms with Gasteiger partial charge in [-0.25, -0.2) is 9.97 Å². The van der Waals surface area contributed by atoms with Gasteiger partial charge in [0.1, 0.15) is 5.69 Å². The van der Waals surface area contributed by atoms with E-state index in [2.05, 4.69) is 30.1 Å². The van der Waals surface area contributed by atoms with E-state index in [-0.39, 0.29) is 0 Å². The Balaban J connectivity index is 2.00. The van der Waals surface area contributed by atoms with E-state index < -0.39 is 0 Å². The summed E-state index contributed by atoms with van der Waals surface area (Å²) in [6, 6.07) is 3.72. The van der Waals surface area contributed by atoms with Gasteiger partial charge in [-0.1, -0.05) is 0 Å². The number of H-pyrrole nitrogens is 2. The lowest BCUT2D eigenvalue weighted by Gasteiger charge is -1.91. The van der Waals surface area contributed by atoms with Crippen LogP contribution in [-0.2, 0) is 0 Å². The van der Waals surface area contributed by atoms with E-state index in [1.54, 1.807) is 24.9 Å². The second-order valence-corrected chi connectivity index (χ2v) is 3.21. The molecule has 0 spiro atoms. The molecule has 0 aliphatic carbocycles. The first-order valence-corrected chi connectivity index (χ1v) is 4.75. The standard InChI is InChI=1S/C10H8N6/c1-3-11-4-2-7(1)9-14-10(16-15-9)8-5-12-6-13-8/h1-6H,(H,12,13)(H,14,15,16). The van der Waals surface area contributed by atoms with Gasteiger partial charge in [0, 0.05) is 18.0 Å². The number of nitrogens with one attached hydrogen (secondary N) is 2. The van der Waals surface area contributed by atoms with Gasteiger partial charge in [-0.2, -0.15) is 5.10 Å². The second kappa shape index (κ2) is 3.58. The molecule has 3 rings (SSSR count). The van der Waals surface area contributed by atoms with Crippen LogP contribution < -0.4 is 0 Å². The smallest absolute Gasteiger partial charge is 0.181 e. The van der Waals surface area contributed by atoms with Gasteiger partial charge in [0.15, 0.2) is 11.6 Å². The van der Waals surface area contributed by atoms with Crippen molar-refractivity contribution >= 4 is 0 Å². The number of nitrogens with zero attached hydrogens (tertiary/aromatic N) is 4. The van der Waals surface area contributed by atoms with Crippen molar-refractivity contribution in [1.82, 2.24) is 30.1 Å². The fourth-order valence-electron chi connectivity index (χ4n) is 1.40. The number of hydrogen-bond acceptors (Lipinski definition) is 4. The highest BCUT2D eigenvalue weighted by Crippen LogP contribution is 2.16. The first-order chi connectivity index (χ1) is 7.93. The number of imidazole rings is 1. The van der Waals surface area contributed by atoms with Crippen molar-refractivity contribution in [3.05, 3.63) is 37.1 Å². The molecule has 0 atom stereocenters. The third-order valence-corrected chi connectivity index (χ3v) is 2.18. The van der Waals surface area contributed by atoms with Crippen molar-refractivity contribution in [2.75, 3.05) is 0 Å². The number of hydrogen-bond donors (Lipinski definition) is 2. The molecule has 0 aliphatic rings. The molecule has 0 radical (unpaired) electrons. The fourth-order valence-corrected chi connectivity index (χ4v) is 1.40. The topological polar surface area (TPSA) is 83.1 Å². The molecule has 0 fully saturated rings. The van der Waals surface area contributed by atoms with Crippen LogP contribution in [0.25, 0.3) is 22.9 Å². The SMILES string of the molecule is c1cc(-c2n[nH]c(-c3cnc[nH]3)n2)ccn1. The third kappa shape index (κ3) is 1.46. The summed E-state index contributed by atoms with van der Waals surface area (Å²) in [5, 5.41) is 6.98. The molecule has 78 valence electrons. The molecule has 16 heavy (non-hydrogen) atoms. The molecular weight excluding hydrogens is 204 g/mol. The van der Waals surface area contributed by atoms with Crippen molar-refractivity contribution in [3.8, 4) is 22.9 Å². The van der Waals surface area contributed by atoms with Crippen LogP contribution in [0.3, 0.4) is 0 Å². The Hall–Kier alpha value is -2.50. The van der Waals surface area contributed by atoms with Gasteiger partial charge in [0.05, 0.1) is 12.5 Å². The van der Waals surface area contributed by atoms with Gasteiger partial charge in [0.25, 0.3) is 0 Å². The minimum absolute atomic E-state index is 0.645. The van der Waals surface area contributed by atoms with Gasteiger partial charge < -0.3 is 4.98 Å². The molecule has 0 aromatic carbocycles. The van der Waals surface area contributed by atoms with E-state index in [9.17, 15) is 0 Å². The number of pyridine rings is 1. The fraction of sp³-hybridized carbons (Fsp3) is 0. The summed E-state index contributed by atoms with van der Waals surface area (Å²) in [6.45, 7) is 0. The Kier molecular flexibility index (Phi) is 1.96. The summed E-state index contributed by atoms with van der Waals surface area (Å²) in [7, 11) is 0. The molecule has 6 heteroatoms. The molecule has 3 aromatic heterocycles. The molecule has 0 unspecified atom stereocenters. The Labute approximate surface area is 90.8 Å². The lowest BCUT2D eigenvalue weighted by atomic mass is 10.2. The third-order valence-electron chi connectivity index (χ3n) is 2.18. The quantitative estimate of drug-likeness (QED) is 0.669. The first-order valence-electron chi connectivity index (χ1n) is 4.75. The van der Waals surface area contributed by atoms with E-state index in [1.165, 1.54) is 0 Å². The molecule has 0 saturated carbocycles. The summed E-state index contributed by atoms with van der Waals surface area (Å²) < 4.78 is 0. The molecule has 2 N–H and O–H groups in total. The Morgan fingerprint density at radius 1 is 1.06 bits per heavy atom. The molecule has 6 nitrogen and oxygen atoms in total. The molecule has 0 amide bonds.